The molecule has 0 amide bonds. The Kier molecular flexibility index (Phi) is 4.29. The van der Waals surface area contributed by atoms with E-state index in [1.54, 1.807) is 0 Å². The highest BCUT2D eigenvalue weighted by molar-refractivity contribution is 7.80. The summed E-state index contributed by atoms with van der Waals surface area (Å²) < 4.78 is 0. The van der Waals surface area contributed by atoms with Crippen molar-refractivity contribution >= 4 is 17.2 Å². The predicted octanol–water partition coefficient (Wildman–Crippen LogP) is 2.45. The maximum Gasteiger partial charge on any atom is 0.103 e. The standard InChI is InChI=1S/C17H24N2OS/c18-16(21)14-6-4-13(5-7-14)11-19-10-9-17(20)8-2-1-3-15(17)12-19/h4-7,15,20H,1-3,8-12H2,(H2,18,21). The van der Waals surface area contributed by atoms with E-state index in [2.05, 4.69) is 17.0 Å². The molecule has 0 bridgehead atoms. The molecular formula is C17H24N2OS. The average Bonchev–Trinajstić information content (AvgIpc) is 2.48. The zero-order chi connectivity index (χ0) is 14.9. The van der Waals surface area contributed by atoms with Gasteiger partial charge < -0.3 is 10.8 Å². The number of piperidine rings is 1. The second-order valence-electron chi connectivity index (χ2n) is 6.59. The van der Waals surface area contributed by atoms with Gasteiger partial charge in [0.05, 0.1) is 5.60 Å². The van der Waals surface area contributed by atoms with Crippen LogP contribution in [0.25, 0.3) is 0 Å². The lowest BCUT2D eigenvalue weighted by atomic mass is 9.71. The van der Waals surface area contributed by atoms with Gasteiger partial charge in [-0.2, -0.15) is 0 Å². The van der Waals surface area contributed by atoms with Crippen LogP contribution in [-0.2, 0) is 6.54 Å². The molecule has 1 saturated carbocycles. The first-order valence-corrected chi connectivity index (χ1v) is 8.31. The van der Waals surface area contributed by atoms with Gasteiger partial charge >= 0.3 is 0 Å². The van der Waals surface area contributed by atoms with Crippen LogP contribution in [0.1, 0.15) is 43.2 Å². The number of hydrogen-bond acceptors (Lipinski definition) is 3. The van der Waals surface area contributed by atoms with Crippen molar-refractivity contribution in [2.75, 3.05) is 13.1 Å². The first kappa shape index (κ1) is 14.9. The Morgan fingerprint density at radius 1 is 1.29 bits per heavy atom. The highest BCUT2D eigenvalue weighted by atomic mass is 32.1. The predicted molar refractivity (Wildman–Crippen MR) is 89.1 cm³/mol. The molecule has 2 unspecified atom stereocenters. The normalized spacial score (nSPS) is 29.9. The highest BCUT2D eigenvalue weighted by Crippen LogP contribution is 2.39. The van der Waals surface area contributed by atoms with Gasteiger partial charge in [-0.3, -0.25) is 4.90 Å². The number of thiocarbonyl (C=S) groups is 1. The van der Waals surface area contributed by atoms with Gasteiger partial charge in [0.25, 0.3) is 0 Å². The van der Waals surface area contributed by atoms with Crippen molar-refractivity contribution < 1.29 is 5.11 Å². The molecule has 1 aromatic rings. The van der Waals surface area contributed by atoms with Gasteiger partial charge in [0, 0.05) is 31.1 Å². The van der Waals surface area contributed by atoms with Crippen LogP contribution in [0.4, 0.5) is 0 Å². The fourth-order valence-electron chi connectivity index (χ4n) is 3.82. The topological polar surface area (TPSA) is 49.5 Å². The monoisotopic (exact) mass is 304 g/mol. The summed E-state index contributed by atoms with van der Waals surface area (Å²) in [6.45, 7) is 2.96. The summed E-state index contributed by atoms with van der Waals surface area (Å²) in [5, 5.41) is 10.7. The van der Waals surface area contributed by atoms with Crippen LogP contribution in [0.3, 0.4) is 0 Å². The van der Waals surface area contributed by atoms with Crippen LogP contribution in [-0.4, -0.2) is 33.7 Å². The van der Waals surface area contributed by atoms with E-state index in [1.807, 2.05) is 12.1 Å². The summed E-state index contributed by atoms with van der Waals surface area (Å²) in [6.07, 6.45) is 5.54. The van der Waals surface area contributed by atoms with E-state index in [1.165, 1.54) is 24.8 Å². The first-order valence-electron chi connectivity index (χ1n) is 7.90. The summed E-state index contributed by atoms with van der Waals surface area (Å²) in [5.41, 5.74) is 7.46. The minimum Gasteiger partial charge on any atom is -0.390 e. The van der Waals surface area contributed by atoms with Crippen LogP contribution >= 0.6 is 12.2 Å². The number of benzene rings is 1. The Bertz CT molecular complexity index is 516. The number of nitrogens with zero attached hydrogens (tertiary/aromatic N) is 1. The molecule has 1 aromatic carbocycles. The third-order valence-corrected chi connectivity index (χ3v) is 5.39. The van der Waals surface area contributed by atoms with Gasteiger partial charge in [0.15, 0.2) is 0 Å². The fourth-order valence-corrected chi connectivity index (χ4v) is 3.95. The summed E-state index contributed by atoms with van der Waals surface area (Å²) in [4.78, 5) is 2.92. The second kappa shape index (κ2) is 6.03. The van der Waals surface area contributed by atoms with E-state index < -0.39 is 0 Å². The van der Waals surface area contributed by atoms with Crippen LogP contribution < -0.4 is 5.73 Å². The maximum atomic E-state index is 10.7. The number of fused-ring (bicyclic) bond motifs is 1. The van der Waals surface area contributed by atoms with Crippen molar-refractivity contribution in [2.45, 2.75) is 44.2 Å². The van der Waals surface area contributed by atoms with Crippen molar-refractivity contribution in [2.24, 2.45) is 11.7 Å². The van der Waals surface area contributed by atoms with Gasteiger partial charge in [0.2, 0.25) is 0 Å². The Morgan fingerprint density at radius 3 is 2.76 bits per heavy atom. The van der Waals surface area contributed by atoms with E-state index in [4.69, 9.17) is 18.0 Å². The maximum absolute atomic E-state index is 10.7. The molecule has 1 aliphatic carbocycles. The lowest BCUT2D eigenvalue weighted by Gasteiger charge is -2.47. The third kappa shape index (κ3) is 3.28. The van der Waals surface area contributed by atoms with Gasteiger partial charge in [-0.25, -0.2) is 0 Å². The molecule has 2 fully saturated rings. The van der Waals surface area contributed by atoms with Gasteiger partial charge in [0.1, 0.15) is 4.99 Å². The third-order valence-electron chi connectivity index (χ3n) is 5.16. The van der Waals surface area contributed by atoms with Gasteiger partial charge in [-0.1, -0.05) is 49.3 Å². The smallest absolute Gasteiger partial charge is 0.103 e. The number of aliphatic hydroxyl groups is 1. The Balaban J connectivity index is 1.62. The summed E-state index contributed by atoms with van der Waals surface area (Å²) in [5.74, 6) is 0.455. The second-order valence-corrected chi connectivity index (χ2v) is 7.03. The molecule has 0 aromatic heterocycles. The van der Waals surface area contributed by atoms with Gasteiger partial charge in [-0.05, 0) is 24.8 Å². The minimum absolute atomic E-state index is 0.385. The lowest BCUT2D eigenvalue weighted by Crippen LogP contribution is -2.52. The van der Waals surface area contributed by atoms with Crippen LogP contribution in [0.2, 0.25) is 0 Å². The zero-order valence-electron chi connectivity index (χ0n) is 12.4. The molecule has 1 saturated heterocycles. The quantitative estimate of drug-likeness (QED) is 0.842. The van der Waals surface area contributed by atoms with Gasteiger partial charge in [-0.15, -0.1) is 0 Å². The number of nitrogens with two attached hydrogens (primary N) is 1. The van der Waals surface area contributed by atoms with Crippen molar-refractivity contribution in [1.82, 2.24) is 4.90 Å². The molecule has 4 heteroatoms. The molecule has 0 radical (unpaired) electrons. The molecular weight excluding hydrogens is 280 g/mol. The Labute approximate surface area is 132 Å². The molecule has 21 heavy (non-hydrogen) atoms. The van der Waals surface area contributed by atoms with E-state index in [9.17, 15) is 5.11 Å². The molecule has 3 N–H and O–H groups in total. The van der Waals surface area contributed by atoms with E-state index in [-0.39, 0.29) is 5.60 Å². The fraction of sp³-hybridized carbons (Fsp3) is 0.588. The van der Waals surface area contributed by atoms with E-state index in [0.717, 1.165) is 38.0 Å². The van der Waals surface area contributed by atoms with Crippen molar-refractivity contribution in [3.8, 4) is 0 Å². The number of likely N-dealkylation sites (tertiary alicyclic amines) is 1. The largest absolute Gasteiger partial charge is 0.390 e. The Morgan fingerprint density at radius 2 is 2.05 bits per heavy atom. The first-order chi connectivity index (χ1) is 10.1. The highest BCUT2D eigenvalue weighted by Gasteiger charge is 2.42. The zero-order valence-corrected chi connectivity index (χ0v) is 13.2. The minimum atomic E-state index is -0.385. The number of hydrogen-bond donors (Lipinski definition) is 2. The molecule has 114 valence electrons. The van der Waals surface area contributed by atoms with E-state index in [0.29, 0.717) is 10.9 Å². The molecule has 3 nitrogen and oxygen atoms in total. The SMILES string of the molecule is NC(=S)c1ccc(CN2CCC3(O)CCCCC3C2)cc1. The molecule has 2 aliphatic rings. The van der Waals surface area contributed by atoms with Crippen LogP contribution in [0.15, 0.2) is 24.3 Å². The van der Waals surface area contributed by atoms with Crippen LogP contribution in [0.5, 0.6) is 0 Å². The average molecular weight is 304 g/mol. The summed E-state index contributed by atoms with van der Waals surface area (Å²) in [7, 11) is 0. The molecule has 3 rings (SSSR count). The van der Waals surface area contributed by atoms with E-state index >= 15 is 0 Å². The van der Waals surface area contributed by atoms with Crippen molar-refractivity contribution in [3.63, 3.8) is 0 Å². The molecule has 1 heterocycles. The summed E-state index contributed by atoms with van der Waals surface area (Å²) in [6, 6.07) is 8.21. The summed E-state index contributed by atoms with van der Waals surface area (Å²) >= 11 is 4.98. The Hall–Kier alpha value is -0.970. The number of rotatable bonds is 3. The van der Waals surface area contributed by atoms with Crippen molar-refractivity contribution in [3.05, 3.63) is 35.4 Å². The van der Waals surface area contributed by atoms with Crippen molar-refractivity contribution in [1.29, 1.82) is 0 Å². The lowest BCUT2D eigenvalue weighted by molar-refractivity contribution is -0.0967. The molecule has 1 aliphatic heterocycles. The molecule has 2 atom stereocenters. The molecule has 0 spiro atoms. The van der Waals surface area contributed by atoms with Crippen LogP contribution in [0, 0.1) is 5.92 Å².